The van der Waals surface area contributed by atoms with E-state index in [1.807, 2.05) is 11.8 Å². The summed E-state index contributed by atoms with van der Waals surface area (Å²) in [4.78, 5) is 15.4. The Morgan fingerprint density at radius 3 is 2.91 bits per heavy atom. The number of aryl methyl sites for hydroxylation is 1. The Bertz CT molecular complexity index is 688. The predicted molar refractivity (Wildman–Crippen MR) is 90.5 cm³/mol. The molecule has 120 valence electrons. The number of nitrogens with one attached hydrogen (secondary N) is 1. The molecule has 0 aromatic heterocycles. The summed E-state index contributed by atoms with van der Waals surface area (Å²) in [5.41, 5.74) is 5.57. The van der Waals surface area contributed by atoms with E-state index < -0.39 is 0 Å². The van der Waals surface area contributed by atoms with Crippen LogP contribution in [0.1, 0.15) is 24.0 Å². The van der Waals surface area contributed by atoms with Gasteiger partial charge in [-0.3, -0.25) is 0 Å². The Morgan fingerprint density at radius 1 is 1.22 bits per heavy atom. The van der Waals surface area contributed by atoms with Crippen LogP contribution >= 0.6 is 11.8 Å². The van der Waals surface area contributed by atoms with Crippen molar-refractivity contribution in [2.24, 2.45) is 22.7 Å². The van der Waals surface area contributed by atoms with E-state index in [9.17, 15) is 0 Å². The minimum absolute atomic E-state index is 0.295. The number of nitrogens with zero attached hydrogens (tertiary/aromatic N) is 2. The summed E-state index contributed by atoms with van der Waals surface area (Å²) in [6.45, 7) is 3.62. The van der Waals surface area contributed by atoms with E-state index in [4.69, 9.17) is 9.83 Å². The molecule has 4 fully saturated rings. The Labute approximate surface area is 140 Å². The van der Waals surface area contributed by atoms with Crippen molar-refractivity contribution in [3.8, 4) is 0 Å². The molecular formula is C18H21N3OS. The number of hydrogen-bond acceptors (Lipinski definition) is 5. The molecule has 1 aromatic carbocycles. The third-order valence-electron chi connectivity index (χ3n) is 6.44. The molecule has 5 aliphatic heterocycles. The zero-order chi connectivity index (χ0) is 15.0. The van der Waals surface area contributed by atoms with Gasteiger partial charge in [0, 0.05) is 47.7 Å². The second-order valence-electron chi connectivity index (χ2n) is 7.79. The summed E-state index contributed by atoms with van der Waals surface area (Å²) in [7, 11) is 0. The zero-order valence-corrected chi connectivity index (χ0v) is 13.9. The van der Waals surface area contributed by atoms with E-state index >= 15 is 0 Å². The minimum Gasteiger partial charge on any atom is -0.302 e. The first-order chi connectivity index (χ1) is 11.3. The Hall–Kier alpha value is -1.04. The maximum Gasteiger partial charge on any atom is 0.195 e. The molecule has 7 rings (SSSR count). The highest BCUT2D eigenvalue weighted by molar-refractivity contribution is 7.99. The van der Waals surface area contributed by atoms with Crippen molar-refractivity contribution in [1.82, 2.24) is 10.4 Å². The summed E-state index contributed by atoms with van der Waals surface area (Å²) >= 11 is 1.96. The molecule has 23 heavy (non-hydrogen) atoms. The van der Waals surface area contributed by atoms with Crippen LogP contribution in [0.3, 0.4) is 0 Å². The summed E-state index contributed by atoms with van der Waals surface area (Å²) in [5, 5.41) is 0. The van der Waals surface area contributed by atoms with Crippen molar-refractivity contribution in [3.63, 3.8) is 0 Å². The molecule has 1 saturated carbocycles. The van der Waals surface area contributed by atoms with Gasteiger partial charge in [0.25, 0.3) is 0 Å². The monoisotopic (exact) mass is 327 g/mol. The molecular weight excluding hydrogens is 306 g/mol. The van der Waals surface area contributed by atoms with Gasteiger partial charge in [-0.2, -0.15) is 0 Å². The second kappa shape index (κ2) is 4.52. The van der Waals surface area contributed by atoms with Crippen LogP contribution in [0.15, 0.2) is 28.1 Å². The van der Waals surface area contributed by atoms with E-state index in [0.29, 0.717) is 11.8 Å². The molecule has 5 heterocycles. The van der Waals surface area contributed by atoms with Crippen LogP contribution in [0, 0.1) is 17.8 Å². The first kappa shape index (κ1) is 13.3. The quantitative estimate of drug-likeness (QED) is 0.859. The van der Waals surface area contributed by atoms with Gasteiger partial charge >= 0.3 is 0 Å². The summed E-state index contributed by atoms with van der Waals surface area (Å²) in [5.74, 6) is 4.15. The van der Waals surface area contributed by atoms with Gasteiger partial charge in [0.15, 0.2) is 11.6 Å². The molecule has 5 heteroatoms. The lowest BCUT2D eigenvalue weighted by molar-refractivity contribution is -0.212. The van der Waals surface area contributed by atoms with Gasteiger partial charge in [0.05, 0.1) is 0 Å². The van der Waals surface area contributed by atoms with Crippen LogP contribution in [-0.4, -0.2) is 41.8 Å². The number of fused-ring (bicyclic) bond motifs is 1. The van der Waals surface area contributed by atoms with Gasteiger partial charge in [-0.25, -0.2) is 15.3 Å². The standard InChI is InChI=1S/C18H21N3OS/c1-2-16-12(3-4-23-16)7-13(1)17-19-18(22-20-17)14-5-11-6-15(18)10-21(8-11)9-14/h1-2,7,11,14-15H,3-6,8-10H2,(H,19,20). The number of thioether (sulfide) groups is 1. The lowest BCUT2D eigenvalue weighted by Crippen LogP contribution is -2.66. The fourth-order valence-corrected chi connectivity index (χ4v) is 6.55. The molecule has 3 saturated heterocycles. The van der Waals surface area contributed by atoms with E-state index in [1.54, 1.807) is 0 Å². The van der Waals surface area contributed by atoms with Crippen molar-refractivity contribution >= 4 is 17.6 Å². The number of hydroxylamine groups is 1. The number of amidine groups is 1. The fourth-order valence-electron chi connectivity index (χ4n) is 5.50. The molecule has 4 bridgehead atoms. The van der Waals surface area contributed by atoms with Gasteiger partial charge in [0.1, 0.15) is 0 Å². The Morgan fingerprint density at radius 2 is 2.09 bits per heavy atom. The van der Waals surface area contributed by atoms with Crippen molar-refractivity contribution in [3.05, 3.63) is 29.3 Å². The van der Waals surface area contributed by atoms with Crippen molar-refractivity contribution in [2.45, 2.75) is 29.9 Å². The van der Waals surface area contributed by atoms with Gasteiger partial charge in [-0.05, 0) is 42.9 Å². The highest BCUT2D eigenvalue weighted by atomic mass is 32.2. The highest BCUT2D eigenvalue weighted by Crippen LogP contribution is 2.52. The van der Waals surface area contributed by atoms with Crippen LogP contribution < -0.4 is 5.48 Å². The van der Waals surface area contributed by atoms with Gasteiger partial charge < -0.3 is 4.90 Å². The van der Waals surface area contributed by atoms with Gasteiger partial charge in [0.2, 0.25) is 0 Å². The molecule has 0 amide bonds. The molecule has 1 N–H and O–H groups in total. The summed E-state index contributed by atoms with van der Waals surface area (Å²) in [6.07, 6.45) is 3.74. The molecule has 1 aliphatic carbocycles. The highest BCUT2D eigenvalue weighted by Gasteiger charge is 2.60. The molecule has 2 unspecified atom stereocenters. The van der Waals surface area contributed by atoms with Crippen LogP contribution in [0.25, 0.3) is 0 Å². The number of piperidine rings is 3. The molecule has 4 nitrogen and oxygen atoms in total. The molecule has 0 radical (unpaired) electrons. The minimum atomic E-state index is -0.295. The lowest BCUT2D eigenvalue weighted by atomic mass is 9.63. The first-order valence-corrected chi connectivity index (χ1v) is 9.81. The van der Waals surface area contributed by atoms with Crippen LogP contribution in [0.2, 0.25) is 0 Å². The zero-order valence-electron chi connectivity index (χ0n) is 13.1. The third-order valence-corrected chi connectivity index (χ3v) is 7.56. The fraction of sp³-hybridized carbons (Fsp3) is 0.611. The summed E-state index contributed by atoms with van der Waals surface area (Å²) in [6, 6.07) is 6.76. The Kier molecular flexibility index (Phi) is 2.61. The third kappa shape index (κ3) is 1.79. The number of benzene rings is 1. The van der Waals surface area contributed by atoms with Crippen LogP contribution in [-0.2, 0) is 11.3 Å². The van der Waals surface area contributed by atoms with Crippen molar-refractivity contribution < 1.29 is 4.84 Å². The average Bonchev–Trinajstić information content (AvgIpc) is 3.19. The Balaban J connectivity index is 1.38. The maximum atomic E-state index is 6.22. The predicted octanol–water partition coefficient (Wildman–Crippen LogP) is 2.28. The topological polar surface area (TPSA) is 36.9 Å². The van der Waals surface area contributed by atoms with Crippen LogP contribution in [0.4, 0.5) is 0 Å². The lowest BCUT2D eigenvalue weighted by Gasteiger charge is -2.58. The molecule has 1 spiro atoms. The van der Waals surface area contributed by atoms with Crippen LogP contribution in [0.5, 0.6) is 0 Å². The molecule has 6 aliphatic rings. The molecule has 1 aromatic rings. The van der Waals surface area contributed by atoms with Gasteiger partial charge in [-0.15, -0.1) is 11.8 Å². The first-order valence-electron chi connectivity index (χ1n) is 8.82. The van der Waals surface area contributed by atoms with E-state index in [2.05, 4.69) is 28.6 Å². The second-order valence-corrected chi connectivity index (χ2v) is 8.92. The number of hydrogen-bond donors (Lipinski definition) is 1. The SMILES string of the molecule is c1cc2c(cc1C1=NC3(ON1)C1CC4CC3CN(C4)C1)CCS2. The van der Waals surface area contributed by atoms with Crippen molar-refractivity contribution in [1.29, 1.82) is 0 Å². The average molecular weight is 327 g/mol. The number of rotatable bonds is 1. The molecule has 2 atom stereocenters. The van der Waals surface area contributed by atoms with Crippen molar-refractivity contribution in [2.75, 3.05) is 25.4 Å². The smallest absolute Gasteiger partial charge is 0.195 e. The largest absolute Gasteiger partial charge is 0.302 e. The van der Waals surface area contributed by atoms with E-state index in [0.717, 1.165) is 24.8 Å². The van der Waals surface area contributed by atoms with E-state index in [-0.39, 0.29) is 5.72 Å². The normalized spacial score (nSPS) is 42.9. The van der Waals surface area contributed by atoms with E-state index in [1.165, 1.54) is 47.6 Å². The maximum absolute atomic E-state index is 6.22. The summed E-state index contributed by atoms with van der Waals surface area (Å²) < 4.78 is 0. The number of aliphatic imine (C=N–C) groups is 1. The van der Waals surface area contributed by atoms with Gasteiger partial charge in [-0.1, -0.05) is 6.07 Å².